The first-order valence-corrected chi connectivity index (χ1v) is 4.88. The highest BCUT2D eigenvalue weighted by Gasteiger charge is 1.93. The maximum Gasteiger partial charge on any atom is 0.0893 e. The molecule has 68 valence electrons. The number of rotatable bonds is 6. The van der Waals surface area contributed by atoms with Crippen molar-refractivity contribution in [2.75, 3.05) is 20.1 Å². The van der Waals surface area contributed by atoms with Crippen LogP contribution in [0.4, 0.5) is 0 Å². The number of nitrogens with zero attached hydrogens (tertiary/aromatic N) is 2. The lowest BCUT2D eigenvalue weighted by Crippen LogP contribution is -2.19. The van der Waals surface area contributed by atoms with Crippen LogP contribution in [0.15, 0.2) is 5.38 Å². The lowest BCUT2D eigenvalue weighted by molar-refractivity contribution is 0.618. The van der Waals surface area contributed by atoms with Gasteiger partial charge < -0.3 is 10.6 Å². The number of nitrogens with one attached hydrogen (secondary N) is 2. The molecule has 12 heavy (non-hydrogen) atoms. The van der Waals surface area contributed by atoms with Crippen LogP contribution in [0.3, 0.4) is 0 Å². The van der Waals surface area contributed by atoms with Crippen molar-refractivity contribution in [3.8, 4) is 0 Å². The molecule has 4 nitrogen and oxygen atoms in total. The van der Waals surface area contributed by atoms with Crippen LogP contribution in [0, 0.1) is 0 Å². The van der Waals surface area contributed by atoms with E-state index in [9.17, 15) is 0 Å². The van der Waals surface area contributed by atoms with Gasteiger partial charge in [0.2, 0.25) is 0 Å². The van der Waals surface area contributed by atoms with Gasteiger partial charge in [0.25, 0.3) is 0 Å². The van der Waals surface area contributed by atoms with Crippen molar-refractivity contribution in [1.29, 1.82) is 0 Å². The minimum atomic E-state index is 0.834. The van der Waals surface area contributed by atoms with Crippen molar-refractivity contribution >= 4 is 11.5 Å². The van der Waals surface area contributed by atoms with E-state index >= 15 is 0 Å². The molecule has 1 aromatic heterocycles. The number of hydrogen-bond acceptors (Lipinski definition) is 5. The van der Waals surface area contributed by atoms with Crippen LogP contribution < -0.4 is 10.6 Å². The Hall–Kier alpha value is -0.520. The molecule has 0 amide bonds. The minimum Gasteiger partial charge on any atom is -0.320 e. The second-order valence-corrected chi connectivity index (χ2v) is 3.14. The SMILES string of the molecule is CNCCCNCc1csnn1. The fraction of sp³-hybridized carbons (Fsp3) is 0.714. The maximum absolute atomic E-state index is 3.92. The quantitative estimate of drug-likeness (QED) is 0.625. The lowest BCUT2D eigenvalue weighted by atomic mass is 10.4. The third kappa shape index (κ3) is 3.75. The molecule has 0 bridgehead atoms. The van der Waals surface area contributed by atoms with Gasteiger partial charge in [0, 0.05) is 11.9 Å². The van der Waals surface area contributed by atoms with Crippen LogP contribution >= 0.6 is 11.5 Å². The van der Waals surface area contributed by atoms with Gasteiger partial charge in [-0.2, -0.15) is 0 Å². The zero-order valence-corrected chi connectivity index (χ0v) is 8.02. The number of aromatic nitrogens is 2. The minimum absolute atomic E-state index is 0.834. The molecule has 2 N–H and O–H groups in total. The Bertz CT molecular complexity index is 187. The maximum atomic E-state index is 3.92. The second-order valence-electron chi connectivity index (χ2n) is 2.53. The van der Waals surface area contributed by atoms with Crippen molar-refractivity contribution in [1.82, 2.24) is 20.2 Å². The van der Waals surface area contributed by atoms with E-state index in [1.807, 2.05) is 12.4 Å². The highest BCUT2D eigenvalue weighted by molar-refractivity contribution is 7.03. The number of hydrogen-bond donors (Lipinski definition) is 2. The third-order valence-electron chi connectivity index (χ3n) is 1.49. The second kappa shape index (κ2) is 6.05. The summed E-state index contributed by atoms with van der Waals surface area (Å²) in [6.07, 6.45) is 1.15. The first-order chi connectivity index (χ1) is 5.93. The summed E-state index contributed by atoms with van der Waals surface area (Å²) >= 11 is 1.39. The fourth-order valence-electron chi connectivity index (χ4n) is 0.868. The average molecular weight is 186 g/mol. The Morgan fingerprint density at radius 3 is 3.08 bits per heavy atom. The predicted octanol–water partition coefficient (Wildman–Crippen LogP) is 0.237. The molecule has 0 aliphatic heterocycles. The highest BCUT2D eigenvalue weighted by atomic mass is 32.1. The molecule has 0 radical (unpaired) electrons. The zero-order chi connectivity index (χ0) is 8.65. The standard InChI is InChI=1S/C7H14N4S/c1-8-3-2-4-9-5-7-6-12-11-10-7/h6,8-9H,2-5H2,1H3. The van der Waals surface area contributed by atoms with Gasteiger partial charge in [-0.1, -0.05) is 4.49 Å². The molecule has 0 aliphatic rings. The average Bonchev–Trinajstić information content (AvgIpc) is 2.57. The molecule has 0 aromatic carbocycles. The van der Waals surface area contributed by atoms with Gasteiger partial charge in [-0.3, -0.25) is 0 Å². The van der Waals surface area contributed by atoms with Crippen LogP contribution in [0.1, 0.15) is 12.1 Å². The molecule has 0 saturated heterocycles. The van der Waals surface area contributed by atoms with Gasteiger partial charge in [0.15, 0.2) is 0 Å². The van der Waals surface area contributed by atoms with Crippen LogP contribution in [0.25, 0.3) is 0 Å². The van der Waals surface area contributed by atoms with E-state index in [-0.39, 0.29) is 0 Å². The molecule has 0 spiro atoms. The molecule has 0 unspecified atom stereocenters. The van der Waals surface area contributed by atoms with E-state index in [1.165, 1.54) is 11.5 Å². The molecule has 0 fully saturated rings. The van der Waals surface area contributed by atoms with E-state index in [0.29, 0.717) is 0 Å². The summed E-state index contributed by atoms with van der Waals surface area (Å²) in [5.41, 5.74) is 1.03. The Balaban J connectivity index is 1.96. The molecule has 0 saturated carbocycles. The first-order valence-electron chi connectivity index (χ1n) is 4.04. The van der Waals surface area contributed by atoms with Gasteiger partial charge in [-0.15, -0.1) is 5.10 Å². The third-order valence-corrected chi connectivity index (χ3v) is 2.05. The van der Waals surface area contributed by atoms with Gasteiger partial charge in [-0.25, -0.2) is 0 Å². The van der Waals surface area contributed by atoms with Crippen molar-refractivity contribution in [2.45, 2.75) is 13.0 Å². The van der Waals surface area contributed by atoms with Crippen molar-refractivity contribution < 1.29 is 0 Å². The van der Waals surface area contributed by atoms with Gasteiger partial charge in [0.05, 0.1) is 5.69 Å². The van der Waals surface area contributed by atoms with E-state index in [2.05, 4.69) is 20.2 Å². The molecular formula is C7H14N4S. The van der Waals surface area contributed by atoms with Gasteiger partial charge >= 0.3 is 0 Å². The van der Waals surface area contributed by atoms with E-state index in [1.54, 1.807) is 0 Å². The Morgan fingerprint density at radius 1 is 1.50 bits per heavy atom. The Labute approximate surface area is 76.5 Å². The summed E-state index contributed by atoms with van der Waals surface area (Å²) in [6.45, 7) is 2.92. The molecule has 0 atom stereocenters. The largest absolute Gasteiger partial charge is 0.320 e. The monoisotopic (exact) mass is 186 g/mol. The zero-order valence-electron chi connectivity index (χ0n) is 7.21. The van der Waals surface area contributed by atoms with Crippen LogP contribution in [0.2, 0.25) is 0 Å². The van der Waals surface area contributed by atoms with Crippen molar-refractivity contribution in [2.24, 2.45) is 0 Å². The van der Waals surface area contributed by atoms with E-state index < -0.39 is 0 Å². The molecule has 0 aliphatic carbocycles. The van der Waals surface area contributed by atoms with Crippen molar-refractivity contribution in [3.63, 3.8) is 0 Å². The molecule has 1 heterocycles. The smallest absolute Gasteiger partial charge is 0.0893 e. The summed E-state index contributed by atoms with van der Waals surface area (Å²) in [4.78, 5) is 0. The highest BCUT2D eigenvalue weighted by Crippen LogP contribution is 1.95. The Morgan fingerprint density at radius 2 is 2.42 bits per heavy atom. The molecular weight excluding hydrogens is 172 g/mol. The summed E-state index contributed by atoms with van der Waals surface area (Å²) in [6, 6.07) is 0. The summed E-state index contributed by atoms with van der Waals surface area (Å²) in [5, 5.41) is 12.3. The lowest BCUT2D eigenvalue weighted by Gasteiger charge is -2.00. The van der Waals surface area contributed by atoms with Gasteiger partial charge in [-0.05, 0) is 38.1 Å². The predicted molar refractivity (Wildman–Crippen MR) is 50.2 cm³/mol. The van der Waals surface area contributed by atoms with Gasteiger partial charge in [0.1, 0.15) is 0 Å². The van der Waals surface area contributed by atoms with Crippen LogP contribution in [-0.4, -0.2) is 29.7 Å². The summed E-state index contributed by atoms with van der Waals surface area (Å²) < 4.78 is 3.78. The molecule has 1 aromatic rings. The topological polar surface area (TPSA) is 49.8 Å². The summed E-state index contributed by atoms with van der Waals surface area (Å²) in [7, 11) is 1.96. The van der Waals surface area contributed by atoms with Crippen molar-refractivity contribution in [3.05, 3.63) is 11.1 Å². The van der Waals surface area contributed by atoms with Crippen LogP contribution in [-0.2, 0) is 6.54 Å². The van der Waals surface area contributed by atoms with E-state index in [0.717, 1.165) is 31.7 Å². The summed E-state index contributed by atoms with van der Waals surface area (Å²) in [5.74, 6) is 0. The molecule has 1 rings (SSSR count). The van der Waals surface area contributed by atoms with Crippen LogP contribution in [0.5, 0.6) is 0 Å². The first kappa shape index (κ1) is 9.57. The fourth-order valence-corrected chi connectivity index (χ4v) is 1.32. The Kier molecular flexibility index (Phi) is 4.82. The van der Waals surface area contributed by atoms with E-state index in [4.69, 9.17) is 0 Å². The normalized spacial score (nSPS) is 10.4. The molecule has 5 heteroatoms.